The van der Waals surface area contributed by atoms with Crippen molar-refractivity contribution in [2.75, 3.05) is 0 Å². The molecule has 1 heterocycles. The van der Waals surface area contributed by atoms with Crippen LogP contribution in [0.2, 0.25) is 0 Å². The van der Waals surface area contributed by atoms with Crippen molar-refractivity contribution in [1.82, 2.24) is 0 Å². The van der Waals surface area contributed by atoms with Gasteiger partial charge in [-0.2, -0.15) is 0 Å². The van der Waals surface area contributed by atoms with Crippen LogP contribution in [-0.4, -0.2) is 40.7 Å². The van der Waals surface area contributed by atoms with E-state index in [0.717, 1.165) is 38.5 Å². The Labute approximate surface area is 156 Å². The van der Waals surface area contributed by atoms with Crippen LogP contribution in [0.4, 0.5) is 4.39 Å². The largest absolute Gasteiger partial charge is 0.481 e. The molecule has 1 aliphatic carbocycles. The van der Waals surface area contributed by atoms with E-state index in [1.807, 2.05) is 13.0 Å². The maximum Gasteiger partial charge on any atom is 0.303 e. The highest BCUT2D eigenvalue weighted by Crippen LogP contribution is 2.47. The minimum Gasteiger partial charge on any atom is -0.481 e. The van der Waals surface area contributed by atoms with Gasteiger partial charge in [0.25, 0.3) is 0 Å². The summed E-state index contributed by atoms with van der Waals surface area (Å²) in [7, 11) is 0. The molecule has 4 nitrogen and oxygen atoms in total. The third kappa shape index (κ3) is 6.05. The fraction of sp³-hybridized carbons (Fsp3) is 0.857. The van der Waals surface area contributed by atoms with Crippen LogP contribution in [0, 0.1) is 17.8 Å². The highest BCUT2D eigenvalue weighted by Gasteiger charge is 2.46. The third-order valence-electron chi connectivity index (χ3n) is 6.04. The van der Waals surface area contributed by atoms with Crippen molar-refractivity contribution in [3.63, 3.8) is 0 Å². The van der Waals surface area contributed by atoms with E-state index in [4.69, 9.17) is 9.84 Å². The molecule has 1 saturated heterocycles. The standard InChI is InChI=1S/C21H35FO4/c1-3-4-8-18(22)19(23)11-10-16-14(2)12-20-17(16)13-15(26-20)7-5-6-9-21(24)25/h10-11,14-20,23H,3-9,12-13H2,1-2H3,(H,24,25)/b11-10+/t14?,15?,16-,17+,18?,19?,20?/m0/s1. The lowest BCUT2D eigenvalue weighted by Gasteiger charge is -2.19. The van der Waals surface area contributed by atoms with E-state index in [2.05, 4.69) is 6.92 Å². The summed E-state index contributed by atoms with van der Waals surface area (Å²) in [6.45, 7) is 4.22. The molecule has 5 unspecified atom stereocenters. The van der Waals surface area contributed by atoms with E-state index >= 15 is 0 Å². The van der Waals surface area contributed by atoms with E-state index in [0.29, 0.717) is 30.6 Å². The number of hydrogen-bond acceptors (Lipinski definition) is 3. The molecule has 0 aromatic carbocycles. The monoisotopic (exact) mass is 370 g/mol. The quantitative estimate of drug-likeness (QED) is 0.415. The molecule has 2 N–H and O–H groups in total. The molecule has 2 fully saturated rings. The van der Waals surface area contributed by atoms with Crippen LogP contribution >= 0.6 is 0 Å². The number of carboxylic acids is 1. The number of alkyl halides is 1. The average molecular weight is 371 g/mol. The Balaban J connectivity index is 1.80. The molecule has 5 heteroatoms. The first-order valence-electron chi connectivity index (χ1n) is 10.3. The van der Waals surface area contributed by atoms with Crippen LogP contribution < -0.4 is 0 Å². The SMILES string of the molecule is CCCCC(F)C(O)/C=C/[C@H]1C(C)CC2OC(CCCCC(=O)O)C[C@@H]21. The number of rotatable bonds is 11. The molecule has 0 aromatic heterocycles. The first-order valence-corrected chi connectivity index (χ1v) is 10.3. The van der Waals surface area contributed by atoms with Gasteiger partial charge in [-0.1, -0.05) is 45.3 Å². The minimum atomic E-state index is -1.18. The van der Waals surface area contributed by atoms with Crippen LogP contribution in [0.1, 0.15) is 71.6 Å². The predicted molar refractivity (Wildman–Crippen MR) is 99.7 cm³/mol. The number of aliphatic carboxylic acids is 1. The second-order valence-electron chi connectivity index (χ2n) is 8.16. The molecule has 26 heavy (non-hydrogen) atoms. The van der Waals surface area contributed by atoms with Gasteiger partial charge in [0.15, 0.2) is 0 Å². The van der Waals surface area contributed by atoms with Gasteiger partial charge < -0.3 is 14.9 Å². The van der Waals surface area contributed by atoms with Crippen molar-refractivity contribution in [2.45, 2.75) is 96.1 Å². The molecule has 2 aliphatic rings. The number of fused-ring (bicyclic) bond motifs is 1. The van der Waals surface area contributed by atoms with Crippen LogP contribution in [-0.2, 0) is 9.53 Å². The third-order valence-corrected chi connectivity index (χ3v) is 6.04. The van der Waals surface area contributed by atoms with Crippen molar-refractivity contribution >= 4 is 5.97 Å². The molecule has 0 radical (unpaired) electrons. The first kappa shape index (κ1) is 21.4. The smallest absolute Gasteiger partial charge is 0.303 e. The maximum atomic E-state index is 13.9. The summed E-state index contributed by atoms with van der Waals surface area (Å²) in [5.74, 6) is 0.510. The average Bonchev–Trinajstić information content (AvgIpc) is 3.10. The van der Waals surface area contributed by atoms with Gasteiger partial charge in [0, 0.05) is 6.42 Å². The summed E-state index contributed by atoms with van der Waals surface area (Å²) < 4.78 is 20.1. The Kier molecular flexibility index (Phi) is 8.55. The molecular formula is C21H35FO4. The van der Waals surface area contributed by atoms with Gasteiger partial charge in [-0.15, -0.1) is 0 Å². The fourth-order valence-electron chi connectivity index (χ4n) is 4.54. The molecule has 1 saturated carbocycles. The Morgan fingerprint density at radius 1 is 1.31 bits per heavy atom. The van der Waals surface area contributed by atoms with Gasteiger partial charge >= 0.3 is 5.97 Å². The van der Waals surface area contributed by atoms with E-state index in [1.165, 1.54) is 0 Å². The van der Waals surface area contributed by atoms with E-state index < -0.39 is 18.2 Å². The molecule has 7 atom stereocenters. The highest BCUT2D eigenvalue weighted by atomic mass is 19.1. The number of carboxylic acid groups (broad SMARTS) is 1. The zero-order valence-corrected chi connectivity index (χ0v) is 16.1. The Morgan fingerprint density at radius 3 is 2.77 bits per heavy atom. The number of allylic oxidation sites excluding steroid dienone is 1. The summed E-state index contributed by atoms with van der Waals surface area (Å²) in [5.41, 5.74) is 0. The second kappa shape index (κ2) is 10.4. The van der Waals surface area contributed by atoms with Crippen molar-refractivity contribution < 1.29 is 24.1 Å². The van der Waals surface area contributed by atoms with Crippen molar-refractivity contribution in [3.8, 4) is 0 Å². The molecule has 150 valence electrons. The van der Waals surface area contributed by atoms with Gasteiger partial charge in [0.1, 0.15) is 12.3 Å². The van der Waals surface area contributed by atoms with E-state index in [9.17, 15) is 14.3 Å². The predicted octanol–water partition coefficient (Wildman–Crippen LogP) is 4.51. The molecule has 0 bridgehead atoms. The zero-order valence-electron chi connectivity index (χ0n) is 16.1. The number of ether oxygens (including phenoxy) is 1. The Hall–Kier alpha value is -0.940. The molecule has 1 aliphatic heterocycles. The Morgan fingerprint density at radius 2 is 2.08 bits per heavy atom. The van der Waals surface area contributed by atoms with Gasteiger partial charge in [0.2, 0.25) is 0 Å². The number of halogens is 1. The van der Waals surface area contributed by atoms with Gasteiger partial charge in [-0.3, -0.25) is 4.79 Å². The normalized spacial score (nSPS) is 33.5. The number of hydrogen-bond donors (Lipinski definition) is 2. The first-order chi connectivity index (χ1) is 12.4. The summed E-state index contributed by atoms with van der Waals surface area (Å²) in [4.78, 5) is 10.6. The summed E-state index contributed by atoms with van der Waals surface area (Å²) in [6, 6.07) is 0. The number of carbonyl (C=O) groups is 1. The van der Waals surface area contributed by atoms with Gasteiger partial charge in [0.05, 0.1) is 12.2 Å². The van der Waals surface area contributed by atoms with Crippen molar-refractivity contribution in [3.05, 3.63) is 12.2 Å². The fourth-order valence-corrected chi connectivity index (χ4v) is 4.54. The molecule has 2 rings (SSSR count). The highest BCUT2D eigenvalue weighted by molar-refractivity contribution is 5.66. The molecule has 0 aromatic rings. The van der Waals surface area contributed by atoms with Crippen LogP contribution in [0.3, 0.4) is 0 Å². The maximum absolute atomic E-state index is 13.9. The Bertz CT molecular complexity index is 467. The van der Waals surface area contributed by atoms with Gasteiger partial charge in [-0.05, 0) is 49.9 Å². The zero-order chi connectivity index (χ0) is 19.1. The topological polar surface area (TPSA) is 66.8 Å². The van der Waals surface area contributed by atoms with Crippen LogP contribution in [0.25, 0.3) is 0 Å². The lowest BCUT2D eigenvalue weighted by molar-refractivity contribution is -0.137. The molecule has 0 spiro atoms. The summed E-state index contributed by atoms with van der Waals surface area (Å²) in [5, 5.41) is 18.7. The van der Waals surface area contributed by atoms with Crippen molar-refractivity contribution in [2.24, 2.45) is 17.8 Å². The number of unbranched alkanes of at least 4 members (excludes halogenated alkanes) is 2. The minimum absolute atomic E-state index is 0.214. The van der Waals surface area contributed by atoms with E-state index in [1.54, 1.807) is 6.08 Å². The lowest BCUT2D eigenvalue weighted by atomic mass is 9.86. The second-order valence-corrected chi connectivity index (χ2v) is 8.16. The molecule has 0 amide bonds. The van der Waals surface area contributed by atoms with Gasteiger partial charge in [-0.25, -0.2) is 4.39 Å². The molecular weight excluding hydrogens is 335 g/mol. The number of aliphatic hydroxyl groups excluding tert-OH is 1. The van der Waals surface area contributed by atoms with Crippen LogP contribution in [0.15, 0.2) is 12.2 Å². The van der Waals surface area contributed by atoms with E-state index in [-0.39, 0.29) is 18.6 Å². The summed E-state index contributed by atoms with van der Waals surface area (Å²) >= 11 is 0. The number of aliphatic hydroxyl groups is 1. The lowest BCUT2D eigenvalue weighted by Crippen LogP contribution is -2.20. The summed E-state index contributed by atoms with van der Waals surface area (Å²) in [6.07, 6.45) is 8.82. The van der Waals surface area contributed by atoms with Crippen LogP contribution in [0.5, 0.6) is 0 Å². The van der Waals surface area contributed by atoms with Crippen molar-refractivity contribution in [1.29, 1.82) is 0 Å².